The molecule has 104 valence electrons. The van der Waals surface area contributed by atoms with Gasteiger partial charge in [0.15, 0.2) is 0 Å². The van der Waals surface area contributed by atoms with E-state index >= 15 is 0 Å². The van der Waals surface area contributed by atoms with Gasteiger partial charge in [-0.05, 0) is 33.1 Å². The Morgan fingerprint density at radius 3 is 2.16 bits per heavy atom. The van der Waals surface area contributed by atoms with Crippen molar-refractivity contribution in [3.63, 3.8) is 0 Å². The average Bonchev–Trinajstić information content (AvgIpc) is 2.61. The summed E-state index contributed by atoms with van der Waals surface area (Å²) in [6.45, 7) is 3.52. The molecule has 0 aromatic heterocycles. The lowest BCUT2D eigenvalue weighted by atomic mass is 9.85. The average molecular weight is 265 g/mol. The highest BCUT2D eigenvalue weighted by molar-refractivity contribution is 6.06. The molecule has 5 heteroatoms. The summed E-state index contributed by atoms with van der Waals surface area (Å²) < 4.78 is 0. The number of fused-ring (bicyclic) bond motifs is 1. The Labute approximate surface area is 112 Å². The standard InChI is InChI=1S/C14H19NO4/c1-14(2,8-7-11(16)17)15-12(18)9-5-3-4-6-10(9)13(15)19/h3-4,9-10H,5-8H2,1-2H3,(H,16,17). The van der Waals surface area contributed by atoms with Gasteiger partial charge < -0.3 is 5.11 Å². The third-order valence-electron chi connectivity index (χ3n) is 4.06. The number of imide groups is 1. The Morgan fingerprint density at radius 2 is 1.74 bits per heavy atom. The molecule has 0 aromatic rings. The zero-order chi connectivity index (χ0) is 14.2. The van der Waals surface area contributed by atoms with Gasteiger partial charge in [0.05, 0.1) is 11.8 Å². The van der Waals surface area contributed by atoms with E-state index in [1.165, 1.54) is 4.90 Å². The second-order valence-corrected chi connectivity index (χ2v) is 5.87. The minimum atomic E-state index is -0.911. The maximum atomic E-state index is 12.4. The smallest absolute Gasteiger partial charge is 0.303 e. The molecule has 1 heterocycles. The minimum Gasteiger partial charge on any atom is -0.481 e. The molecule has 0 aromatic carbocycles. The SMILES string of the molecule is CC(C)(CCC(=O)O)N1C(=O)C2CC=CCC2C1=O. The normalized spacial score (nSPS) is 26.7. The molecule has 1 N–H and O–H groups in total. The van der Waals surface area contributed by atoms with Crippen molar-refractivity contribution in [3.05, 3.63) is 12.2 Å². The highest BCUT2D eigenvalue weighted by Gasteiger charge is 2.51. The molecule has 2 rings (SSSR count). The van der Waals surface area contributed by atoms with Crippen LogP contribution >= 0.6 is 0 Å². The largest absolute Gasteiger partial charge is 0.481 e. The van der Waals surface area contributed by atoms with Crippen molar-refractivity contribution in [3.8, 4) is 0 Å². The summed E-state index contributed by atoms with van der Waals surface area (Å²) in [6, 6.07) is 0. The van der Waals surface area contributed by atoms with Crippen LogP contribution in [0.5, 0.6) is 0 Å². The Balaban J connectivity index is 2.18. The first-order valence-corrected chi connectivity index (χ1v) is 6.59. The quantitative estimate of drug-likeness (QED) is 0.618. The summed E-state index contributed by atoms with van der Waals surface area (Å²) in [5.41, 5.74) is -0.732. The molecule has 2 amide bonds. The van der Waals surface area contributed by atoms with Gasteiger partial charge in [0.2, 0.25) is 11.8 Å². The molecule has 1 aliphatic carbocycles. The zero-order valence-electron chi connectivity index (χ0n) is 11.3. The number of carbonyl (C=O) groups excluding carboxylic acids is 2. The number of carboxylic acids is 1. The second-order valence-electron chi connectivity index (χ2n) is 5.87. The first kappa shape index (κ1) is 13.8. The third-order valence-corrected chi connectivity index (χ3v) is 4.06. The van der Waals surface area contributed by atoms with Crippen molar-refractivity contribution in [2.75, 3.05) is 0 Å². The van der Waals surface area contributed by atoms with Gasteiger partial charge in [-0.25, -0.2) is 0 Å². The van der Waals surface area contributed by atoms with Crippen LogP contribution in [0.3, 0.4) is 0 Å². The Hall–Kier alpha value is -1.65. The second kappa shape index (κ2) is 4.79. The van der Waals surface area contributed by atoms with Gasteiger partial charge in [0.25, 0.3) is 0 Å². The predicted octanol–water partition coefficient (Wildman–Crippen LogP) is 1.58. The predicted molar refractivity (Wildman–Crippen MR) is 68.2 cm³/mol. The van der Waals surface area contributed by atoms with Crippen molar-refractivity contribution < 1.29 is 19.5 Å². The fourth-order valence-electron chi connectivity index (χ4n) is 2.92. The summed E-state index contributed by atoms with van der Waals surface area (Å²) in [6.07, 6.45) is 5.35. The van der Waals surface area contributed by atoms with Gasteiger partial charge in [-0.3, -0.25) is 19.3 Å². The number of hydrogen-bond acceptors (Lipinski definition) is 3. The number of carboxylic acid groups (broad SMARTS) is 1. The molecule has 0 bridgehead atoms. The highest BCUT2D eigenvalue weighted by atomic mass is 16.4. The number of carbonyl (C=O) groups is 3. The molecule has 2 atom stereocenters. The fraction of sp³-hybridized carbons (Fsp3) is 0.643. The summed E-state index contributed by atoms with van der Waals surface area (Å²) >= 11 is 0. The number of likely N-dealkylation sites (tertiary alicyclic amines) is 1. The minimum absolute atomic E-state index is 0.0440. The maximum Gasteiger partial charge on any atom is 0.303 e. The van der Waals surface area contributed by atoms with Crippen LogP contribution in [-0.2, 0) is 14.4 Å². The van der Waals surface area contributed by atoms with Crippen LogP contribution in [0.25, 0.3) is 0 Å². The third kappa shape index (κ3) is 2.41. The van der Waals surface area contributed by atoms with Crippen LogP contribution < -0.4 is 0 Å². The van der Waals surface area contributed by atoms with E-state index in [4.69, 9.17) is 5.11 Å². The van der Waals surface area contributed by atoms with Gasteiger partial charge in [-0.2, -0.15) is 0 Å². The van der Waals surface area contributed by atoms with Gasteiger partial charge >= 0.3 is 5.97 Å². The van der Waals surface area contributed by atoms with E-state index < -0.39 is 11.5 Å². The monoisotopic (exact) mass is 265 g/mol. The van der Waals surface area contributed by atoms with E-state index in [9.17, 15) is 14.4 Å². The molecule has 0 radical (unpaired) electrons. The van der Waals surface area contributed by atoms with Crippen molar-refractivity contribution in [2.24, 2.45) is 11.8 Å². The zero-order valence-corrected chi connectivity index (χ0v) is 11.3. The van der Waals surface area contributed by atoms with Crippen LogP contribution in [0.4, 0.5) is 0 Å². The van der Waals surface area contributed by atoms with Crippen LogP contribution in [0, 0.1) is 11.8 Å². The fourth-order valence-corrected chi connectivity index (χ4v) is 2.92. The van der Waals surface area contributed by atoms with Crippen molar-refractivity contribution in [1.29, 1.82) is 0 Å². The first-order chi connectivity index (χ1) is 8.84. The molecule has 19 heavy (non-hydrogen) atoms. The number of aliphatic carboxylic acids is 1. The first-order valence-electron chi connectivity index (χ1n) is 6.59. The number of hydrogen-bond donors (Lipinski definition) is 1. The summed E-state index contributed by atoms with van der Waals surface area (Å²) in [5, 5.41) is 8.76. The summed E-state index contributed by atoms with van der Waals surface area (Å²) in [5.74, 6) is -1.70. The van der Waals surface area contributed by atoms with Gasteiger partial charge in [0, 0.05) is 12.0 Å². The topological polar surface area (TPSA) is 74.7 Å². The van der Waals surface area contributed by atoms with Gasteiger partial charge in [-0.1, -0.05) is 12.2 Å². The molecule has 0 spiro atoms. The molecule has 1 fully saturated rings. The van der Waals surface area contributed by atoms with E-state index in [-0.39, 0.29) is 36.5 Å². The number of allylic oxidation sites excluding steroid dienone is 2. The van der Waals surface area contributed by atoms with Crippen molar-refractivity contribution >= 4 is 17.8 Å². The number of amides is 2. The van der Waals surface area contributed by atoms with E-state index in [0.717, 1.165) is 0 Å². The van der Waals surface area contributed by atoms with Crippen LogP contribution in [0.2, 0.25) is 0 Å². The Morgan fingerprint density at radius 1 is 1.26 bits per heavy atom. The molecular weight excluding hydrogens is 246 g/mol. The molecule has 1 saturated heterocycles. The molecule has 5 nitrogen and oxygen atoms in total. The van der Waals surface area contributed by atoms with E-state index in [1.54, 1.807) is 13.8 Å². The molecule has 2 unspecified atom stereocenters. The molecule has 0 saturated carbocycles. The van der Waals surface area contributed by atoms with Crippen molar-refractivity contribution in [2.45, 2.75) is 45.1 Å². The van der Waals surface area contributed by atoms with Crippen LogP contribution in [0.1, 0.15) is 39.5 Å². The molecular formula is C14H19NO4. The number of nitrogens with zero attached hydrogens (tertiary/aromatic N) is 1. The van der Waals surface area contributed by atoms with Gasteiger partial charge in [-0.15, -0.1) is 0 Å². The summed E-state index contributed by atoms with van der Waals surface area (Å²) in [7, 11) is 0. The Kier molecular flexibility index (Phi) is 3.47. The maximum absolute atomic E-state index is 12.4. The lowest BCUT2D eigenvalue weighted by Gasteiger charge is -2.34. The van der Waals surface area contributed by atoms with Gasteiger partial charge in [0.1, 0.15) is 0 Å². The van der Waals surface area contributed by atoms with E-state index in [0.29, 0.717) is 12.8 Å². The van der Waals surface area contributed by atoms with Crippen LogP contribution in [0.15, 0.2) is 12.2 Å². The molecule has 2 aliphatic rings. The molecule has 1 aliphatic heterocycles. The highest BCUT2D eigenvalue weighted by Crippen LogP contribution is 2.39. The van der Waals surface area contributed by atoms with E-state index in [2.05, 4.69) is 0 Å². The lowest BCUT2D eigenvalue weighted by Crippen LogP contribution is -2.48. The lowest BCUT2D eigenvalue weighted by molar-refractivity contribution is -0.148. The van der Waals surface area contributed by atoms with Crippen molar-refractivity contribution in [1.82, 2.24) is 4.90 Å². The Bertz CT molecular complexity index is 426. The summed E-state index contributed by atoms with van der Waals surface area (Å²) in [4.78, 5) is 36.7. The number of rotatable bonds is 4. The van der Waals surface area contributed by atoms with E-state index in [1.807, 2.05) is 12.2 Å². The van der Waals surface area contributed by atoms with Crippen LogP contribution in [-0.4, -0.2) is 33.3 Å².